The predicted molar refractivity (Wildman–Crippen MR) is 96.5 cm³/mol. The molecule has 0 saturated carbocycles. The molecule has 0 saturated heterocycles. The van der Waals surface area contributed by atoms with Crippen molar-refractivity contribution in [2.24, 2.45) is 7.05 Å². The first-order chi connectivity index (χ1) is 10.7. The summed E-state index contributed by atoms with van der Waals surface area (Å²) in [4.78, 5) is 3.98. The van der Waals surface area contributed by atoms with Crippen LogP contribution in [0, 0.1) is 6.92 Å². The number of hydrogen-bond donors (Lipinski definition) is 0. The molecular formula is C19H21BN2. The summed E-state index contributed by atoms with van der Waals surface area (Å²) in [5.74, 6) is 3.21. The molecule has 3 heteroatoms. The summed E-state index contributed by atoms with van der Waals surface area (Å²) < 4.78 is 1.97. The molecule has 0 fully saturated rings. The molecule has 0 aliphatic carbocycles. The van der Waals surface area contributed by atoms with E-state index in [0.717, 1.165) is 5.82 Å². The van der Waals surface area contributed by atoms with Crippen LogP contribution in [0.3, 0.4) is 0 Å². The first-order valence-corrected chi connectivity index (χ1v) is 7.43. The third kappa shape index (κ3) is 4.22. The molecule has 0 aliphatic heterocycles. The molecule has 3 rings (SSSR count). The predicted octanol–water partition coefficient (Wildman–Crippen LogP) is 3.44. The van der Waals surface area contributed by atoms with E-state index in [1.54, 1.807) is 6.20 Å². The van der Waals surface area contributed by atoms with Crippen molar-refractivity contribution >= 4 is 13.4 Å². The van der Waals surface area contributed by atoms with Crippen molar-refractivity contribution in [3.8, 4) is 0 Å². The number of imidazole rings is 1. The maximum atomic E-state index is 3.98. The maximum absolute atomic E-state index is 3.98. The van der Waals surface area contributed by atoms with Gasteiger partial charge in [-0.1, -0.05) is 60.7 Å². The molecule has 22 heavy (non-hydrogen) atoms. The largest absolute Gasteiger partial charge is 0.338 e. The standard InChI is InChI=1S/C14H13B.C5H8N2/c15-11-14(12-7-3-1-4-8-12)13-9-5-2-6-10-13;1-5-6-3-4-7(5)2/h1-11H,15H2;3-4H,1-2H3. The summed E-state index contributed by atoms with van der Waals surface area (Å²) in [6, 6.07) is 20.9. The smallest absolute Gasteiger partial charge is 0.130 e. The lowest BCUT2D eigenvalue weighted by Gasteiger charge is -2.07. The lowest BCUT2D eigenvalue weighted by Crippen LogP contribution is -1.87. The molecule has 1 heterocycles. The van der Waals surface area contributed by atoms with Gasteiger partial charge in [0.25, 0.3) is 0 Å². The second-order valence-electron chi connectivity index (χ2n) is 5.02. The van der Waals surface area contributed by atoms with Gasteiger partial charge in [0, 0.05) is 19.4 Å². The quantitative estimate of drug-likeness (QED) is 0.660. The third-order valence-electron chi connectivity index (χ3n) is 3.52. The highest BCUT2D eigenvalue weighted by atomic mass is 15.0. The summed E-state index contributed by atoms with van der Waals surface area (Å²) in [5, 5.41) is 0. The Morgan fingerprint density at radius 3 is 1.73 bits per heavy atom. The highest BCUT2D eigenvalue weighted by molar-refractivity contribution is 6.21. The molecule has 0 unspecified atom stereocenters. The van der Waals surface area contributed by atoms with Crippen LogP contribution >= 0.6 is 0 Å². The molecule has 0 bridgehead atoms. The summed E-state index contributed by atoms with van der Waals surface area (Å²) in [7, 11) is 4.05. The Balaban J connectivity index is 0.000000211. The van der Waals surface area contributed by atoms with Crippen molar-refractivity contribution in [3.63, 3.8) is 0 Å². The van der Waals surface area contributed by atoms with Crippen molar-refractivity contribution in [1.29, 1.82) is 0 Å². The molecule has 0 aliphatic rings. The van der Waals surface area contributed by atoms with Crippen molar-refractivity contribution in [2.75, 3.05) is 0 Å². The van der Waals surface area contributed by atoms with Crippen LogP contribution in [0.15, 0.2) is 79.0 Å². The van der Waals surface area contributed by atoms with Crippen LogP contribution < -0.4 is 0 Å². The fourth-order valence-electron chi connectivity index (χ4n) is 2.18. The number of nitrogens with zero attached hydrogens (tertiary/aromatic N) is 2. The Labute approximate surface area is 133 Å². The Hall–Kier alpha value is -2.55. The molecule has 0 spiro atoms. The fraction of sp³-hybridized carbons (Fsp3) is 0.105. The van der Waals surface area contributed by atoms with Crippen molar-refractivity contribution in [3.05, 3.63) is 96.0 Å². The SMILES string of the molecule is BC=C(c1ccccc1)c1ccccc1.Cc1nccn1C. The van der Waals surface area contributed by atoms with Gasteiger partial charge in [-0.25, -0.2) is 4.98 Å². The first-order valence-electron chi connectivity index (χ1n) is 7.43. The van der Waals surface area contributed by atoms with Gasteiger partial charge in [0.2, 0.25) is 0 Å². The first kappa shape index (κ1) is 15.8. The van der Waals surface area contributed by atoms with Gasteiger partial charge in [-0.15, -0.1) is 5.98 Å². The summed E-state index contributed by atoms with van der Waals surface area (Å²) in [5.41, 5.74) is 3.83. The van der Waals surface area contributed by atoms with Gasteiger partial charge < -0.3 is 4.57 Å². The molecule has 0 N–H and O–H groups in total. The second kappa shape index (κ2) is 8.03. The molecule has 2 nitrogen and oxygen atoms in total. The van der Waals surface area contributed by atoms with E-state index in [2.05, 4.69) is 67.3 Å². The summed E-state index contributed by atoms with van der Waals surface area (Å²) in [6.07, 6.45) is 3.71. The number of aromatic nitrogens is 2. The highest BCUT2D eigenvalue weighted by Crippen LogP contribution is 2.21. The van der Waals surface area contributed by atoms with Crippen molar-refractivity contribution in [1.82, 2.24) is 9.55 Å². The van der Waals surface area contributed by atoms with Crippen LogP contribution in [0.2, 0.25) is 0 Å². The third-order valence-corrected chi connectivity index (χ3v) is 3.52. The van der Waals surface area contributed by atoms with E-state index < -0.39 is 0 Å². The van der Waals surface area contributed by atoms with Gasteiger partial charge in [-0.05, 0) is 23.6 Å². The lowest BCUT2D eigenvalue weighted by molar-refractivity contribution is 0.858. The summed E-state index contributed by atoms with van der Waals surface area (Å²) >= 11 is 0. The van der Waals surface area contributed by atoms with Gasteiger partial charge in [0.1, 0.15) is 13.7 Å². The number of hydrogen-bond acceptors (Lipinski definition) is 1. The van der Waals surface area contributed by atoms with E-state index in [4.69, 9.17) is 0 Å². The molecule has 2 aromatic carbocycles. The van der Waals surface area contributed by atoms with Gasteiger partial charge in [-0.3, -0.25) is 0 Å². The molecular weight excluding hydrogens is 267 g/mol. The lowest BCUT2D eigenvalue weighted by atomic mass is 9.92. The second-order valence-corrected chi connectivity index (χ2v) is 5.02. The van der Waals surface area contributed by atoms with E-state index in [1.165, 1.54) is 16.7 Å². The van der Waals surface area contributed by atoms with Gasteiger partial charge in [0.15, 0.2) is 0 Å². The van der Waals surface area contributed by atoms with Crippen LogP contribution in [-0.2, 0) is 7.05 Å². The Morgan fingerprint density at radius 2 is 1.45 bits per heavy atom. The Kier molecular flexibility index (Phi) is 5.78. The molecule has 0 amide bonds. The number of benzene rings is 2. The van der Waals surface area contributed by atoms with E-state index in [9.17, 15) is 0 Å². The average molecular weight is 288 g/mol. The maximum Gasteiger partial charge on any atom is 0.130 e. The van der Waals surface area contributed by atoms with E-state index >= 15 is 0 Å². The van der Waals surface area contributed by atoms with Crippen LogP contribution in [0.25, 0.3) is 5.57 Å². The minimum atomic E-state index is 1.06. The van der Waals surface area contributed by atoms with Crippen LogP contribution in [0.1, 0.15) is 17.0 Å². The summed E-state index contributed by atoms with van der Waals surface area (Å²) in [6.45, 7) is 1.97. The Morgan fingerprint density at radius 1 is 0.955 bits per heavy atom. The number of aryl methyl sites for hydroxylation is 2. The van der Waals surface area contributed by atoms with Crippen LogP contribution in [0.5, 0.6) is 0 Å². The zero-order valence-corrected chi connectivity index (χ0v) is 13.4. The zero-order valence-electron chi connectivity index (χ0n) is 13.4. The minimum absolute atomic E-state index is 1.06. The molecule has 3 aromatic rings. The highest BCUT2D eigenvalue weighted by Gasteiger charge is 2.01. The van der Waals surface area contributed by atoms with Crippen LogP contribution in [-0.4, -0.2) is 17.4 Å². The van der Waals surface area contributed by atoms with Gasteiger partial charge in [0.05, 0.1) is 0 Å². The minimum Gasteiger partial charge on any atom is -0.338 e. The zero-order chi connectivity index (χ0) is 15.8. The monoisotopic (exact) mass is 288 g/mol. The van der Waals surface area contributed by atoms with Gasteiger partial charge in [-0.2, -0.15) is 0 Å². The topological polar surface area (TPSA) is 17.8 Å². The molecule has 110 valence electrons. The molecule has 0 atom stereocenters. The van der Waals surface area contributed by atoms with E-state index in [1.807, 2.05) is 36.9 Å². The fourth-order valence-corrected chi connectivity index (χ4v) is 2.18. The molecule has 0 radical (unpaired) electrons. The van der Waals surface area contributed by atoms with E-state index in [-0.39, 0.29) is 0 Å². The van der Waals surface area contributed by atoms with Crippen LogP contribution in [0.4, 0.5) is 0 Å². The normalized spacial score (nSPS) is 9.55. The van der Waals surface area contributed by atoms with Gasteiger partial charge >= 0.3 is 0 Å². The average Bonchev–Trinajstić information content (AvgIpc) is 2.94. The van der Waals surface area contributed by atoms with E-state index in [0.29, 0.717) is 0 Å². The van der Waals surface area contributed by atoms with Crippen molar-refractivity contribution < 1.29 is 0 Å². The number of rotatable bonds is 2. The Bertz CT molecular complexity index is 657. The van der Waals surface area contributed by atoms with Crippen molar-refractivity contribution in [2.45, 2.75) is 6.92 Å². The molecule has 1 aromatic heterocycles.